The highest BCUT2D eigenvalue weighted by Gasteiger charge is 2.48. The second kappa shape index (κ2) is 9.86. The van der Waals surface area contributed by atoms with Crippen LogP contribution in [0.5, 0.6) is 0 Å². The maximum Gasteiger partial charge on any atom is 0.326 e. The number of carboxylic acids is 2. The summed E-state index contributed by atoms with van der Waals surface area (Å²) in [5.41, 5.74) is 1.50. The summed E-state index contributed by atoms with van der Waals surface area (Å²) in [4.78, 5) is 48.0. The van der Waals surface area contributed by atoms with E-state index in [4.69, 9.17) is 5.11 Å². The number of hydrogen-bond acceptors (Lipinski definition) is 5. The van der Waals surface area contributed by atoms with Crippen molar-refractivity contribution in [1.82, 2.24) is 16.0 Å². The van der Waals surface area contributed by atoms with Crippen LogP contribution in [0.25, 0.3) is 0 Å². The van der Waals surface area contributed by atoms with Crippen molar-refractivity contribution in [3.8, 4) is 0 Å². The zero-order chi connectivity index (χ0) is 22.4. The molecule has 3 rings (SSSR count). The molecule has 1 fully saturated rings. The Balaban J connectivity index is 1.71. The Morgan fingerprint density at radius 2 is 1.29 bits per heavy atom. The molecular formula is C22H23N3O6. The fraction of sp³-hybridized carbons (Fsp3) is 0.273. The van der Waals surface area contributed by atoms with Gasteiger partial charge in [0.25, 0.3) is 0 Å². The Morgan fingerprint density at radius 1 is 0.774 bits per heavy atom. The summed E-state index contributed by atoms with van der Waals surface area (Å²) in [5, 5.41) is 26.1. The molecule has 162 valence electrons. The van der Waals surface area contributed by atoms with Crippen molar-refractivity contribution < 1.29 is 29.4 Å². The van der Waals surface area contributed by atoms with Gasteiger partial charge >= 0.3 is 11.9 Å². The molecule has 0 aliphatic carbocycles. The van der Waals surface area contributed by atoms with E-state index in [9.17, 15) is 24.3 Å². The van der Waals surface area contributed by atoms with Gasteiger partial charge in [-0.2, -0.15) is 0 Å². The SMILES string of the molecule is O=C(O)[C@H](Cc1ccccc1)NC(=O)[C@H](Cc1ccccc1)NC(=O)[C@H]1N[C@@H]1C(=O)O. The van der Waals surface area contributed by atoms with Crippen LogP contribution in [0.1, 0.15) is 11.1 Å². The largest absolute Gasteiger partial charge is 0.480 e. The first kappa shape index (κ1) is 22.0. The molecule has 0 saturated carbocycles. The first-order valence-corrected chi connectivity index (χ1v) is 9.75. The van der Waals surface area contributed by atoms with Crippen LogP contribution in [0.3, 0.4) is 0 Å². The van der Waals surface area contributed by atoms with Crippen LogP contribution >= 0.6 is 0 Å². The van der Waals surface area contributed by atoms with Crippen molar-refractivity contribution in [2.75, 3.05) is 0 Å². The van der Waals surface area contributed by atoms with Crippen molar-refractivity contribution in [2.24, 2.45) is 0 Å². The molecule has 1 aliphatic heterocycles. The molecule has 0 bridgehead atoms. The molecule has 0 unspecified atom stereocenters. The predicted octanol–water partition coefficient (Wildman–Crippen LogP) is -0.0490. The number of aliphatic carboxylic acids is 2. The molecule has 31 heavy (non-hydrogen) atoms. The lowest BCUT2D eigenvalue weighted by Crippen LogP contribution is -2.54. The summed E-state index contributed by atoms with van der Waals surface area (Å²) >= 11 is 0. The van der Waals surface area contributed by atoms with Gasteiger partial charge in [0, 0.05) is 12.8 Å². The third-order valence-electron chi connectivity index (χ3n) is 4.94. The van der Waals surface area contributed by atoms with Gasteiger partial charge in [-0.25, -0.2) is 4.79 Å². The minimum atomic E-state index is -1.20. The zero-order valence-electron chi connectivity index (χ0n) is 16.5. The maximum atomic E-state index is 12.9. The van der Waals surface area contributed by atoms with Crippen LogP contribution < -0.4 is 16.0 Å². The van der Waals surface area contributed by atoms with E-state index >= 15 is 0 Å². The van der Waals surface area contributed by atoms with Crippen LogP contribution in [-0.2, 0) is 32.0 Å². The smallest absolute Gasteiger partial charge is 0.326 e. The van der Waals surface area contributed by atoms with Gasteiger partial charge in [0.05, 0.1) is 0 Å². The van der Waals surface area contributed by atoms with E-state index in [2.05, 4.69) is 16.0 Å². The minimum absolute atomic E-state index is 0.0825. The first-order valence-electron chi connectivity index (χ1n) is 9.75. The number of benzene rings is 2. The van der Waals surface area contributed by atoms with Gasteiger partial charge in [-0.1, -0.05) is 60.7 Å². The number of amides is 2. The van der Waals surface area contributed by atoms with Crippen LogP contribution in [0.4, 0.5) is 0 Å². The molecule has 2 aromatic rings. The Kier molecular flexibility index (Phi) is 6.99. The third kappa shape index (κ3) is 6.13. The highest BCUT2D eigenvalue weighted by molar-refractivity contribution is 5.97. The minimum Gasteiger partial charge on any atom is -0.480 e. The first-order chi connectivity index (χ1) is 14.8. The Labute approximate surface area is 178 Å². The van der Waals surface area contributed by atoms with Gasteiger partial charge in [-0.15, -0.1) is 0 Å². The number of nitrogens with one attached hydrogen (secondary N) is 3. The van der Waals surface area contributed by atoms with Gasteiger partial charge in [0.15, 0.2) is 0 Å². The van der Waals surface area contributed by atoms with Crippen molar-refractivity contribution in [2.45, 2.75) is 37.0 Å². The lowest BCUT2D eigenvalue weighted by atomic mass is 10.0. The van der Waals surface area contributed by atoms with E-state index in [-0.39, 0.29) is 12.8 Å². The standard InChI is InChI=1S/C22H23N3O6/c26-19(24-16(21(28)29)12-14-9-5-2-6-10-14)15(11-13-7-3-1-4-8-13)23-20(27)17-18(25-17)22(30)31/h1-10,15-18,25H,11-12H2,(H,23,27)(H,24,26)(H,28,29)(H,30,31)/t15-,16-,17-,18-/m0/s1. The molecule has 1 aliphatic rings. The van der Waals surface area contributed by atoms with E-state index in [1.54, 1.807) is 54.6 Å². The Bertz CT molecular complexity index is 950. The monoisotopic (exact) mass is 425 g/mol. The zero-order valence-corrected chi connectivity index (χ0v) is 16.5. The molecule has 5 N–H and O–H groups in total. The number of rotatable bonds is 10. The summed E-state index contributed by atoms with van der Waals surface area (Å²) < 4.78 is 0. The van der Waals surface area contributed by atoms with E-state index in [1.807, 2.05) is 6.07 Å². The predicted molar refractivity (Wildman–Crippen MR) is 110 cm³/mol. The molecule has 9 heteroatoms. The second-order valence-corrected chi connectivity index (χ2v) is 7.30. The molecule has 0 aromatic heterocycles. The fourth-order valence-corrected chi connectivity index (χ4v) is 3.22. The van der Waals surface area contributed by atoms with Crippen LogP contribution in [-0.4, -0.2) is 58.1 Å². The normalized spacial score (nSPS) is 19.0. The maximum absolute atomic E-state index is 12.9. The van der Waals surface area contributed by atoms with Gasteiger partial charge in [0.2, 0.25) is 11.8 Å². The van der Waals surface area contributed by atoms with E-state index in [1.165, 1.54) is 0 Å². The lowest BCUT2D eigenvalue weighted by Gasteiger charge is -2.22. The molecule has 2 aromatic carbocycles. The van der Waals surface area contributed by atoms with Crippen molar-refractivity contribution in [1.29, 1.82) is 0 Å². The van der Waals surface area contributed by atoms with E-state index in [0.717, 1.165) is 11.1 Å². The Hall–Kier alpha value is -3.72. The highest BCUT2D eigenvalue weighted by atomic mass is 16.4. The average molecular weight is 425 g/mol. The summed E-state index contributed by atoms with van der Waals surface area (Å²) in [7, 11) is 0. The molecule has 0 radical (unpaired) electrons. The van der Waals surface area contributed by atoms with Gasteiger partial charge in [0.1, 0.15) is 24.2 Å². The van der Waals surface area contributed by atoms with E-state index in [0.29, 0.717) is 0 Å². The summed E-state index contributed by atoms with van der Waals surface area (Å²) in [6.45, 7) is 0. The molecule has 1 saturated heterocycles. The topological polar surface area (TPSA) is 155 Å². The number of hydrogen-bond donors (Lipinski definition) is 5. The van der Waals surface area contributed by atoms with Crippen molar-refractivity contribution in [3.63, 3.8) is 0 Å². The molecule has 0 spiro atoms. The molecule has 1 heterocycles. The summed E-state index contributed by atoms with van der Waals surface area (Å²) in [5.74, 6) is -3.64. The van der Waals surface area contributed by atoms with Crippen molar-refractivity contribution >= 4 is 23.8 Å². The molecule has 4 atom stereocenters. The number of carboxylic acid groups (broad SMARTS) is 2. The summed E-state index contributed by atoms with van der Waals surface area (Å²) in [6.07, 6.45) is 0.208. The number of carbonyl (C=O) groups excluding carboxylic acids is 2. The quantitative estimate of drug-likeness (QED) is 0.334. The van der Waals surface area contributed by atoms with Crippen LogP contribution in [0.15, 0.2) is 60.7 Å². The second-order valence-electron chi connectivity index (χ2n) is 7.30. The van der Waals surface area contributed by atoms with Crippen LogP contribution in [0, 0.1) is 0 Å². The molecule has 2 amide bonds. The third-order valence-corrected chi connectivity index (χ3v) is 4.94. The number of carbonyl (C=O) groups is 4. The van der Waals surface area contributed by atoms with Gasteiger partial charge < -0.3 is 20.8 Å². The average Bonchev–Trinajstić information content (AvgIpc) is 3.55. The van der Waals surface area contributed by atoms with Gasteiger partial charge in [-0.3, -0.25) is 19.7 Å². The van der Waals surface area contributed by atoms with Crippen molar-refractivity contribution in [3.05, 3.63) is 71.8 Å². The highest BCUT2D eigenvalue weighted by Crippen LogP contribution is 2.13. The van der Waals surface area contributed by atoms with Gasteiger partial charge in [-0.05, 0) is 11.1 Å². The lowest BCUT2D eigenvalue weighted by molar-refractivity contribution is -0.142. The molecular weight excluding hydrogens is 402 g/mol. The molecule has 9 nitrogen and oxygen atoms in total. The summed E-state index contributed by atoms with van der Waals surface area (Å²) in [6, 6.07) is 13.6. The Morgan fingerprint density at radius 3 is 1.74 bits per heavy atom. The fourth-order valence-electron chi connectivity index (χ4n) is 3.22. The van der Waals surface area contributed by atoms with Crippen LogP contribution in [0.2, 0.25) is 0 Å². The van der Waals surface area contributed by atoms with E-state index < -0.39 is 47.9 Å².